The van der Waals surface area contributed by atoms with Crippen molar-refractivity contribution in [3.63, 3.8) is 0 Å². The van der Waals surface area contributed by atoms with Gasteiger partial charge in [0.05, 0.1) is 18.3 Å². The zero-order valence-electron chi connectivity index (χ0n) is 13.9. The molecule has 1 fully saturated rings. The average molecular weight is 449 g/mol. The molecule has 3 rings (SSSR count). The van der Waals surface area contributed by atoms with Crippen LogP contribution in [0.3, 0.4) is 0 Å². The summed E-state index contributed by atoms with van der Waals surface area (Å²) in [6, 6.07) is 0.370. The Morgan fingerprint density at radius 3 is 2.96 bits per heavy atom. The molecule has 2 heterocycles. The summed E-state index contributed by atoms with van der Waals surface area (Å²) in [6.07, 6.45) is 5.37. The smallest absolute Gasteiger partial charge is 0.193 e. The summed E-state index contributed by atoms with van der Waals surface area (Å²) < 4.78 is 7.53. The molecule has 2 aromatic heterocycles. The van der Waals surface area contributed by atoms with Crippen LogP contribution in [-0.4, -0.2) is 41.6 Å². The SMILES string of the molecule is CN=C(NCc1cn2ccsc2n1)NC1CC(OC)C1(C)C.I. The average Bonchev–Trinajstić information content (AvgIpc) is 3.07. The molecule has 128 valence electrons. The van der Waals surface area contributed by atoms with E-state index in [0.29, 0.717) is 18.7 Å². The first-order chi connectivity index (χ1) is 10.5. The van der Waals surface area contributed by atoms with Gasteiger partial charge in [-0.3, -0.25) is 9.39 Å². The van der Waals surface area contributed by atoms with E-state index >= 15 is 0 Å². The summed E-state index contributed by atoms with van der Waals surface area (Å²) in [5.74, 6) is 0.809. The minimum atomic E-state index is 0. The summed E-state index contributed by atoms with van der Waals surface area (Å²) in [7, 11) is 3.57. The van der Waals surface area contributed by atoms with Gasteiger partial charge in [-0.15, -0.1) is 35.3 Å². The van der Waals surface area contributed by atoms with Crippen molar-refractivity contribution in [3.05, 3.63) is 23.5 Å². The molecule has 1 aliphatic carbocycles. The van der Waals surface area contributed by atoms with Crippen LogP contribution >= 0.6 is 35.3 Å². The maximum absolute atomic E-state index is 5.49. The second-order valence-electron chi connectivity index (χ2n) is 6.23. The number of methoxy groups -OCH3 is 1. The van der Waals surface area contributed by atoms with Crippen molar-refractivity contribution in [1.29, 1.82) is 0 Å². The lowest BCUT2D eigenvalue weighted by Gasteiger charge is -2.51. The molecule has 8 heteroatoms. The number of thiazole rings is 1. The largest absolute Gasteiger partial charge is 0.381 e. The summed E-state index contributed by atoms with van der Waals surface area (Å²) in [5, 5.41) is 8.85. The lowest BCUT2D eigenvalue weighted by Crippen LogP contribution is -2.63. The van der Waals surface area contributed by atoms with Crippen molar-refractivity contribution >= 4 is 46.2 Å². The third kappa shape index (κ3) is 3.63. The Hall–Kier alpha value is -0.870. The van der Waals surface area contributed by atoms with Gasteiger partial charge in [-0.25, -0.2) is 4.98 Å². The molecule has 6 nitrogen and oxygen atoms in total. The van der Waals surface area contributed by atoms with Crippen molar-refractivity contribution in [2.75, 3.05) is 14.2 Å². The second-order valence-corrected chi connectivity index (χ2v) is 7.10. The molecule has 2 atom stereocenters. The van der Waals surface area contributed by atoms with Crippen LogP contribution in [0.15, 0.2) is 22.8 Å². The zero-order valence-corrected chi connectivity index (χ0v) is 17.0. The summed E-state index contributed by atoms with van der Waals surface area (Å²) in [4.78, 5) is 9.88. The Bertz CT molecular complexity index is 652. The van der Waals surface area contributed by atoms with E-state index in [9.17, 15) is 0 Å². The Morgan fingerprint density at radius 2 is 2.35 bits per heavy atom. The van der Waals surface area contributed by atoms with E-state index in [2.05, 4.69) is 34.5 Å². The number of aliphatic imine (C=N–C) groups is 1. The third-order valence-electron chi connectivity index (χ3n) is 4.58. The number of hydrogen-bond acceptors (Lipinski definition) is 4. The Kier molecular flexibility index (Phi) is 5.90. The summed E-state index contributed by atoms with van der Waals surface area (Å²) >= 11 is 1.64. The van der Waals surface area contributed by atoms with Gasteiger partial charge in [0.2, 0.25) is 0 Å². The molecule has 0 saturated heterocycles. The number of aromatic nitrogens is 2. The van der Waals surface area contributed by atoms with Gasteiger partial charge in [-0.05, 0) is 6.42 Å². The first-order valence-corrected chi connectivity index (χ1v) is 8.33. The fraction of sp³-hybridized carbons (Fsp3) is 0.600. The molecular formula is C15H24IN5OS. The number of rotatable bonds is 4. The molecule has 0 aliphatic heterocycles. The van der Waals surface area contributed by atoms with E-state index in [1.165, 1.54) is 0 Å². The zero-order chi connectivity index (χ0) is 15.7. The Balaban J connectivity index is 0.00000192. The minimum Gasteiger partial charge on any atom is -0.381 e. The highest BCUT2D eigenvalue weighted by atomic mass is 127. The van der Waals surface area contributed by atoms with Gasteiger partial charge in [0, 0.05) is 43.4 Å². The van der Waals surface area contributed by atoms with E-state index in [-0.39, 0.29) is 29.4 Å². The molecule has 2 N–H and O–H groups in total. The number of nitrogens with zero attached hydrogens (tertiary/aromatic N) is 3. The molecule has 2 aromatic rings. The third-order valence-corrected chi connectivity index (χ3v) is 5.35. The van der Waals surface area contributed by atoms with Crippen LogP contribution in [0.25, 0.3) is 4.96 Å². The molecule has 0 aromatic carbocycles. The molecule has 0 bridgehead atoms. The summed E-state index contributed by atoms with van der Waals surface area (Å²) in [6.45, 7) is 5.10. The van der Waals surface area contributed by atoms with Gasteiger partial charge in [0.1, 0.15) is 0 Å². The van der Waals surface area contributed by atoms with Crippen molar-refractivity contribution in [3.8, 4) is 0 Å². The van der Waals surface area contributed by atoms with Gasteiger partial charge >= 0.3 is 0 Å². The number of guanidine groups is 1. The molecule has 0 radical (unpaired) electrons. The van der Waals surface area contributed by atoms with E-state index in [1.54, 1.807) is 25.5 Å². The van der Waals surface area contributed by atoms with Crippen molar-refractivity contribution < 1.29 is 4.74 Å². The van der Waals surface area contributed by atoms with Gasteiger partial charge in [-0.2, -0.15) is 0 Å². The second kappa shape index (κ2) is 7.35. The van der Waals surface area contributed by atoms with E-state index in [4.69, 9.17) is 4.74 Å². The Morgan fingerprint density at radius 1 is 1.57 bits per heavy atom. The molecule has 0 amide bonds. The Labute approximate surface area is 157 Å². The molecule has 1 aliphatic rings. The molecule has 1 saturated carbocycles. The van der Waals surface area contributed by atoms with Crippen molar-refractivity contribution in [2.45, 2.75) is 39.0 Å². The fourth-order valence-corrected chi connectivity index (χ4v) is 3.64. The van der Waals surface area contributed by atoms with Gasteiger partial charge in [0.25, 0.3) is 0 Å². The number of hydrogen-bond donors (Lipinski definition) is 2. The number of halogens is 1. The molecule has 2 unspecified atom stereocenters. The monoisotopic (exact) mass is 449 g/mol. The van der Waals surface area contributed by atoms with E-state index in [0.717, 1.165) is 23.0 Å². The predicted molar refractivity (Wildman–Crippen MR) is 105 cm³/mol. The maximum atomic E-state index is 5.49. The van der Waals surface area contributed by atoms with E-state index in [1.807, 2.05) is 22.2 Å². The minimum absolute atomic E-state index is 0. The number of nitrogens with one attached hydrogen (secondary N) is 2. The highest BCUT2D eigenvalue weighted by Crippen LogP contribution is 2.42. The summed E-state index contributed by atoms with van der Waals surface area (Å²) in [5.41, 5.74) is 1.13. The fourth-order valence-electron chi connectivity index (χ4n) is 2.93. The van der Waals surface area contributed by atoms with Crippen molar-refractivity contribution in [2.24, 2.45) is 10.4 Å². The van der Waals surface area contributed by atoms with Crippen LogP contribution in [0, 0.1) is 5.41 Å². The molecular weight excluding hydrogens is 425 g/mol. The quantitative estimate of drug-likeness (QED) is 0.428. The van der Waals surface area contributed by atoms with Crippen LogP contribution in [0.5, 0.6) is 0 Å². The normalized spacial score (nSPS) is 23.2. The van der Waals surface area contributed by atoms with Gasteiger partial charge in [0.15, 0.2) is 10.9 Å². The number of ether oxygens (including phenoxy) is 1. The van der Waals surface area contributed by atoms with Crippen LogP contribution < -0.4 is 10.6 Å². The maximum Gasteiger partial charge on any atom is 0.193 e. The first-order valence-electron chi connectivity index (χ1n) is 7.45. The van der Waals surface area contributed by atoms with Crippen LogP contribution in [0.1, 0.15) is 26.0 Å². The van der Waals surface area contributed by atoms with Crippen LogP contribution in [0.4, 0.5) is 0 Å². The standard InChI is InChI=1S/C15H23N5OS.HI/c1-15(2)11(7-12(15)21-4)19-13(16-3)17-8-10-9-20-5-6-22-14(20)18-10;/h5-6,9,11-12H,7-8H2,1-4H3,(H2,16,17,19);1H. The highest BCUT2D eigenvalue weighted by Gasteiger charge is 2.48. The van der Waals surface area contributed by atoms with E-state index < -0.39 is 0 Å². The topological polar surface area (TPSA) is 63.0 Å². The van der Waals surface area contributed by atoms with Crippen molar-refractivity contribution in [1.82, 2.24) is 20.0 Å². The highest BCUT2D eigenvalue weighted by molar-refractivity contribution is 14.0. The van der Waals surface area contributed by atoms with Crippen LogP contribution in [0.2, 0.25) is 0 Å². The number of fused-ring (bicyclic) bond motifs is 1. The predicted octanol–water partition coefficient (Wildman–Crippen LogP) is 2.49. The van der Waals surface area contributed by atoms with Crippen LogP contribution in [-0.2, 0) is 11.3 Å². The molecule has 0 spiro atoms. The van der Waals surface area contributed by atoms with Gasteiger partial charge < -0.3 is 15.4 Å². The lowest BCUT2D eigenvalue weighted by atomic mass is 9.64. The number of imidazole rings is 1. The lowest BCUT2D eigenvalue weighted by molar-refractivity contribution is -0.0922. The molecule has 23 heavy (non-hydrogen) atoms. The van der Waals surface area contributed by atoms with Gasteiger partial charge in [-0.1, -0.05) is 13.8 Å². The first kappa shape index (κ1) is 18.5.